The standard InChI is InChI=1S/C45H27N3S/c1-3-10-31-24-33(19-16-28(31)8-1)34-20-18-30-12-7-14-38(39(30)26-34)45-47-43(35-21-17-29-9-2-4-11-32(29)25-35)46-44(48-45)36-22-23-42-40(27-36)37-13-5-6-15-41(37)49-42/h1-27H. The molecule has 0 bridgehead atoms. The van der Waals surface area contributed by atoms with Crippen molar-refractivity contribution in [3.8, 4) is 45.3 Å². The number of hydrogen-bond acceptors (Lipinski definition) is 4. The molecule has 10 rings (SSSR count). The molecule has 0 N–H and O–H groups in total. The first kappa shape index (κ1) is 27.8. The molecule has 8 aromatic carbocycles. The number of fused-ring (bicyclic) bond motifs is 6. The van der Waals surface area contributed by atoms with Crippen LogP contribution in [0.2, 0.25) is 0 Å². The summed E-state index contributed by atoms with van der Waals surface area (Å²) in [5, 5.41) is 9.52. The number of hydrogen-bond donors (Lipinski definition) is 0. The van der Waals surface area contributed by atoms with Gasteiger partial charge >= 0.3 is 0 Å². The highest BCUT2D eigenvalue weighted by molar-refractivity contribution is 7.25. The molecular weight excluding hydrogens is 615 g/mol. The number of rotatable bonds is 4. The zero-order valence-electron chi connectivity index (χ0n) is 26.3. The molecule has 228 valence electrons. The number of nitrogens with zero attached hydrogens (tertiary/aromatic N) is 3. The van der Waals surface area contributed by atoms with Crippen LogP contribution in [-0.2, 0) is 0 Å². The van der Waals surface area contributed by atoms with E-state index in [1.165, 1.54) is 41.9 Å². The van der Waals surface area contributed by atoms with Crippen LogP contribution in [0.25, 0.3) is 97.8 Å². The molecule has 0 spiro atoms. The minimum Gasteiger partial charge on any atom is -0.208 e. The smallest absolute Gasteiger partial charge is 0.164 e. The molecule has 0 saturated carbocycles. The fourth-order valence-electron chi connectivity index (χ4n) is 6.96. The van der Waals surface area contributed by atoms with E-state index in [0.717, 1.165) is 38.4 Å². The van der Waals surface area contributed by atoms with Gasteiger partial charge in [0.05, 0.1) is 0 Å². The number of thiophene rings is 1. The lowest BCUT2D eigenvalue weighted by atomic mass is 9.96. The van der Waals surface area contributed by atoms with Crippen molar-refractivity contribution in [2.75, 3.05) is 0 Å². The first-order valence-electron chi connectivity index (χ1n) is 16.4. The molecule has 0 amide bonds. The molecule has 3 nitrogen and oxygen atoms in total. The molecule has 0 fully saturated rings. The van der Waals surface area contributed by atoms with E-state index in [0.29, 0.717) is 17.5 Å². The van der Waals surface area contributed by atoms with Crippen LogP contribution in [0.15, 0.2) is 164 Å². The van der Waals surface area contributed by atoms with Crippen LogP contribution in [-0.4, -0.2) is 15.0 Å². The van der Waals surface area contributed by atoms with Gasteiger partial charge in [0.1, 0.15) is 0 Å². The van der Waals surface area contributed by atoms with E-state index in [4.69, 9.17) is 15.0 Å². The second-order valence-corrected chi connectivity index (χ2v) is 13.6. The normalized spacial score (nSPS) is 11.7. The zero-order valence-corrected chi connectivity index (χ0v) is 27.2. The van der Waals surface area contributed by atoms with Crippen LogP contribution in [0.1, 0.15) is 0 Å². The molecule has 0 atom stereocenters. The van der Waals surface area contributed by atoms with Gasteiger partial charge in [0, 0.05) is 36.9 Å². The van der Waals surface area contributed by atoms with E-state index in [9.17, 15) is 0 Å². The van der Waals surface area contributed by atoms with Crippen molar-refractivity contribution >= 4 is 63.8 Å². The Morgan fingerprint density at radius 1 is 0.306 bits per heavy atom. The Labute approximate surface area is 286 Å². The summed E-state index contributed by atoms with van der Waals surface area (Å²) in [6.07, 6.45) is 0. The summed E-state index contributed by atoms with van der Waals surface area (Å²) in [5.74, 6) is 1.97. The summed E-state index contributed by atoms with van der Waals surface area (Å²) < 4.78 is 2.53. The molecule has 2 aromatic heterocycles. The second kappa shape index (κ2) is 11.2. The van der Waals surface area contributed by atoms with E-state index in [1.807, 2.05) is 11.3 Å². The maximum atomic E-state index is 5.21. The van der Waals surface area contributed by atoms with Gasteiger partial charge in [-0.3, -0.25) is 0 Å². The maximum Gasteiger partial charge on any atom is 0.164 e. The highest BCUT2D eigenvalue weighted by Gasteiger charge is 2.16. The third kappa shape index (κ3) is 4.85. The van der Waals surface area contributed by atoms with E-state index in [-0.39, 0.29) is 0 Å². The van der Waals surface area contributed by atoms with Crippen LogP contribution in [0.4, 0.5) is 0 Å². The lowest BCUT2D eigenvalue weighted by Crippen LogP contribution is -2.00. The molecule has 0 unspecified atom stereocenters. The Hall–Kier alpha value is -6.23. The molecule has 0 radical (unpaired) electrons. The summed E-state index contributed by atoms with van der Waals surface area (Å²) in [6.45, 7) is 0. The maximum absolute atomic E-state index is 5.21. The predicted molar refractivity (Wildman–Crippen MR) is 207 cm³/mol. The van der Waals surface area contributed by atoms with Crippen LogP contribution in [0.3, 0.4) is 0 Å². The highest BCUT2D eigenvalue weighted by atomic mass is 32.1. The Kier molecular flexibility index (Phi) is 6.36. The minimum atomic E-state index is 0.656. The van der Waals surface area contributed by atoms with Gasteiger partial charge < -0.3 is 0 Å². The molecule has 0 aliphatic carbocycles. The van der Waals surface area contributed by atoms with Crippen molar-refractivity contribution in [1.29, 1.82) is 0 Å². The van der Waals surface area contributed by atoms with Crippen molar-refractivity contribution in [3.63, 3.8) is 0 Å². The molecule has 49 heavy (non-hydrogen) atoms. The van der Waals surface area contributed by atoms with Crippen molar-refractivity contribution in [1.82, 2.24) is 15.0 Å². The van der Waals surface area contributed by atoms with Crippen LogP contribution in [0.5, 0.6) is 0 Å². The average molecular weight is 642 g/mol. The molecule has 2 heterocycles. The van der Waals surface area contributed by atoms with Crippen molar-refractivity contribution in [3.05, 3.63) is 164 Å². The summed E-state index contributed by atoms with van der Waals surface area (Å²) >= 11 is 1.81. The topological polar surface area (TPSA) is 38.7 Å². The third-order valence-corrected chi connectivity index (χ3v) is 10.6. The van der Waals surface area contributed by atoms with Crippen LogP contribution < -0.4 is 0 Å². The largest absolute Gasteiger partial charge is 0.208 e. The highest BCUT2D eigenvalue weighted by Crippen LogP contribution is 2.37. The zero-order chi connectivity index (χ0) is 32.3. The fourth-order valence-corrected chi connectivity index (χ4v) is 8.05. The molecule has 0 saturated heterocycles. The Balaban J connectivity index is 1.18. The van der Waals surface area contributed by atoms with Crippen molar-refractivity contribution in [2.24, 2.45) is 0 Å². The summed E-state index contributed by atoms with van der Waals surface area (Å²) in [6, 6.07) is 58.2. The van der Waals surface area contributed by atoms with Gasteiger partial charge in [0.25, 0.3) is 0 Å². The van der Waals surface area contributed by atoms with E-state index < -0.39 is 0 Å². The van der Waals surface area contributed by atoms with Crippen molar-refractivity contribution < 1.29 is 0 Å². The van der Waals surface area contributed by atoms with Gasteiger partial charge in [0.2, 0.25) is 0 Å². The Morgan fingerprint density at radius 3 is 1.59 bits per heavy atom. The SMILES string of the molecule is c1ccc2cc(-c3ccc4cccc(-c5nc(-c6ccc7ccccc7c6)nc(-c6ccc7sc8ccccc8c7c6)n5)c4c3)ccc2c1. The fraction of sp³-hybridized carbons (Fsp3) is 0. The van der Waals surface area contributed by atoms with Gasteiger partial charge in [-0.2, -0.15) is 0 Å². The summed E-state index contributed by atoms with van der Waals surface area (Å²) in [5.41, 5.74) is 5.25. The summed E-state index contributed by atoms with van der Waals surface area (Å²) in [7, 11) is 0. The van der Waals surface area contributed by atoms with Gasteiger partial charge in [-0.05, 0) is 85.9 Å². The second-order valence-electron chi connectivity index (χ2n) is 12.5. The van der Waals surface area contributed by atoms with E-state index >= 15 is 0 Å². The molecular formula is C45H27N3S. The summed E-state index contributed by atoms with van der Waals surface area (Å²) in [4.78, 5) is 15.5. The lowest BCUT2D eigenvalue weighted by Gasteiger charge is -2.12. The lowest BCUT2D eigenvalue weighted by molar-refractivity contribution is 1.08. The molecule has 10 aromatic rings. The molecule has 4 heteroatoms. The van der Waals surface area contributed by atoms with Crippen molar-refractivity contribution in [2.45, 2.75) is 0 Å². The van der Waals surface area contributed by atoms with Gasteiger partial charge in [-0.1, -0.05) is 121 Å². The number of aromatic nitrogens is 3. The molecule has 0 aliphatic rings. The predicted octanol–water partition coefficient (Wildman–Crippen LogP) is 12.4. The third-order valence-electron chi connectivity index (χ3n) is 9.48. The van der Waals surface area contributed by atoms with Gasteiger partial charge in [-0.15, -0.1) is 11.3 Å². The Morgan fingerprint density at radius 2 is 0.816 bits per heavy atom. The first-order chi connectivity index (χ1) is 24.2. The first-order valence-corrected chi connectivity index (χ1v) is 17.2. The molecule has 0 aliphatic heterocycles. The van der Waals surface area contributed by atoms with Gasteiger partial charge in [-0.25, -0.2) is 15.0 Å². The average Bonchev–Trinajstić information content (AvgIpc) is 3.55. The van der Waals surface area contributed by atoms with E-state index in [2.05, 4.69) is 164 Å². The van der Waals surface area contributed by atoms with Crippen LogP contribution >= 0.6 is 11.3 Å². The minimum absolute atomic E-state index is 0.656. The monoisotopic (exact) mass is 641 g/mol. The van der Waals surface area contributed by atoms with Crippen LogP contribution in [0, 0.1) is 0 Å². The van der Waals surface area contributed by atoms with Gasteiger partial charge in [0.15, 0.2) is 17.5 Å². The van der Waals surface area contributed by atoms with E-state index in [1.54, 1.807) is 0 Å². The Bertz CT molecular complexity index is 2900. The quantitative estimate of drug-likeness (QED) is 0.192. The number of benzene rings is 8.